The molecule has 150 valence electrons. The Morgan fingerprint density at radius 1 is 1.24 bits per heavy atom. The highest BCUT2D eigenvalue weighted by molar-refractivity contribution is 5.97. The van der Waals surface area contributed by atoms with Crippen LogP contribution in [0.3, 0.4) is 0 Å². The van der Waals surface area contributed by atoms with Crippen LogP contribution >= 0.6 is 0 Å². The van der Waals surface area contributed by atoms with Gasteiger partial charge in [0.25, 0.3) is 5.91 Å². The number of aromatic nitrogens is 3. The van der Waals surface area contributed by atoms with Crippen molar-refractivity contribution in [2.45, 2.75) is 13.8 Å². The second kappa shape index (κ2) is 8.46. The van der Waals surface area contributed by atoms with Gasteiger partial charge in [-0.2, -0.15) is 5.10 Å². The monoisotopic (exact) mass is 400 g/mol. The van der Waals surface area contributed by atoms with E-state index in [-0.39, 0.29) is 11.5 Å². The third kappa shape index (κ3) is 4.92. The van der Waals surface area contributed by atoms with Crippen LogP contribution in [0.4, 0.5) is 14.5 Å². The van der Waals surface area contributed by atoms with Crippen molar-refractivity contribution in [2.24, 2.45) is 10.9 Å². The van der Waals surface area contributed by atoms with Crippen molar-refractivity contribution in [1.82, 2.24) is 14.8 Å². The molecule has 8 nitrogen and oxygen atoms in total. The van der Waals surface area contributed by atoms with Gasteiger partial charge in [0.1, 0.15) is 11.6 Å². The van der Waals surface area contributed by atoms with Gasteiger partial charge in [0.05, 0.1) is 11.4 Å². The van der Waals surface area contributed by atoms with Gasteiger partial charge >= 0.3 is 0 Å². The van der Waals surface area contributed by atoms with Crippen LogP contribution in [0.5, 0.6) is 0 Å². The average Bonchev–Trinajstić information content (AvgIpc) is 3.02. The second-order valence-corrected chi connectivity index (χ2v) is 6.17. The molecular weight excluding hydrogens is 382 g/mol. The lowest BCUT2D eigenvalue weighted by Crippen LogP contribution is -2.20. The van der Waals surface area contributed by atoms with Crippen molar-refractivity contribution in [2.75, 3.05) is 11.9 Å². The van der Waals surface area contributed by atoms with Crippen LogP contribution in [0, 0.1) is 25.5 Å². The van der Waals surface area contributed by atoms with E-state index in [1.165, 1.54) is 6.20 Å². The number of hydrogen-bond acceptors (Lipinski definition) is 5. The van der Waals surface area contributed by atoms with Gasteiger partial charge in [-0.1, -0.05) is 5.16 Å². The summed E-state index contributed by atoms with van der Waals surface area (Å²) in [5, 5.41) is 10.2. The third-order valence-corrected chi connectivity index (χ3v) is 3.83. The first kappa shape index (κ1) is 19.9. The molecule has 0 saturated carbocycles. The standard InChI is InChI=1S/C19H18F2N6O2/c1-11-7-12(2)27(25-11)17-6-3-13(9-23-17)19(22)26-29-10-18(28)24-16-5-4-14(20)8-15(16)21/h3-9H,10H2,1-2H3,(H2,22,26)(H,24,28). The molecule has 0 saturated heterocycles. The molecule has 0 atom stereocenters. The topological polar surface area (TPSA) is 107 Å². The Labute approximate surface area is 165 Å². The molecule has 2 heterocycles. The minimum absolute atomic E-state index is 0.0122. The predicted molar refractivity (Wildman–Crippen MR) is 102 cm³/mol. The number of pyridine rings is 1. The van der Waals surface area contributed by atoms with Gasteiger partial charge in [0, 0.05) is 23.5 Å². The molecule has 3 N–H and O–H groups in total. The van der Waals surface area contributed by atoms with Crippen molar-refractivity contribution < 1.29 is 18.4 Å². The first-order chi connectivity index (χ1) is 13.8. The molecule has 0 fully saturated rings. The van der Waals surface area contributed by atoms with E-state index in [1.807, 2.05) is 19.9 Å². The summed E-state index contributed by atoms with van der Waals surface area (Å²) >= 11 is 0. The van der Waals surface area contributed by atoms with Crippen LogP contribution in [-0.2, 0) is 9.63 Å². The van der Waals surface area contributed by atoms with Crippen LogP contribution in [-0.4, -0.2) is 33.1 Å². The molecule has 2 aromatic heterocycles. The van der Waals surface area contributed by atoms with E-state index in [1.54, 1.807) is 16.8 Å². The highest BCUT2D eigenvalue weighted by Gasteiger charge is 2.09. The molecule has 0 aliphatic heterocycles. The summed E-state index contributed by atoms with van der Waals surface area (Å²) < 4.78 is 28.1. The molecule has 10 heteroatoms. The molecule has 0 radical (unpaired) electrons. The van der Waals surface area contributed by atoms with Gasteiger partial charge in [-0.15, -0.1) is 0 Å². The lowest BCUT2D eigenvalue weighted by atomic mass is 10.2. The molecule has 0 bridgehead atoms. The number of anilines is 1. The van der Waals surface area contributed by atoms with Gasteiger partial charge in [-0.25, -0.2) is 18.4 Å². The van der Waals surface area contributed by atoms with E-state index in [4.69, 9.17) is 10.6 Å². The predicted octanol–water partition coefficient (Wildman–Crippen LogP) is 2.44. The number of amidine groups is 1. The van der Waals surface area contributed by atoms with Gasteiger partial charge in [0.15, 0.2) is 18.3 Å². The molecule has 0 spiro atoms. The first-order valence-corrected chi connectivity index (χ1v) is 8.54. The van der Waals surface area contributed by atoms with Crippen LogP contribution in [0.25, 0.3) is 5.82 Å². The Morgan fingerprint density at radius 3 is 2.66 bits per heavy atom. The number of nitrogens with one attached hydrogen (secondary N) is 1. The Morgan fingerprint density at radius 2 is 2.03 bits per heavy atom. The Balaban J connectivity index is 1.58. The number of carbonyl (C=O) groups excluding carboxylic acids is 1. The summed E-state index contributed by atoms with van der Waals surface area (Å²) in [5.74, 6) is -1.68. The fourth-order valence-electron chi connectivity index (χ4n) is 2.51. The number of amides is 1. The first-order valence-electron chi connectivity index (χ1n) is 8.54. The van der Waals surface area contributed by atoms with Crippen LogP contribution in [0.1, 0.15) is 17.0 Å². The van der Waals surface area contributed by atoms with Crippen LogP contribution in [0.2, 0.25) is 0 Å². The van der Waals surface area contributed by atoms with E-state index in [0.717, 1.165) is 23.5 Å². The largest absolute Gasteiger partial charge is 0.384 e. The Bertz CT molecular complexity index is 1060. The highest BCUT2D eigenvalue weighted by Crippen LogP contribution is 2.14. The number of carbonyl (C=O) groups is 1. The SMILES string of the molecule is Cc1cc(C)n(-c2ccc(/C(N)=N/OCC(=O)Nc3ccc(F)cc3F)cn2)n1. The normalized spacial score (nSPS) is 11.4. The maximum atomic E-state index is 13.5. The molecule has 0 aliphatic carbocycles. The van der Waals surface area contributed by atoms with E-state index in [0.29, 0.717) is 17.4 Å². The summed E-state index contributed by atoms with van der Waals surface area (Å²) in [6.07, 6.45) is 1.50. The van der Waals surface area contributed by atoms with E-state index >= 15 is 0 Å². The molecule has 1 aromatic carbocycles. The molecular formula is C19H18F2N6O2. The zero-order valence-corrected chi connectivity index (χ0v) is 15.7. The molecule has 3 aromatic rings. The van der Waals surface area contributed by atoms with Crippen molar-refractivity contribution in [3.05, 3.63) is 71.2 Å². The number of rotatable bonds is 6. The third-order valence-electron chi connectivity index (χ3n) is 3.83. The molecule has 1 amide bonds. The lowest BCUT2D eigenvalue weighted by Gasteiger charge is -2.07. The number of oxime groups is 1. The Kier molecular flexibility index (Phi) is 5.82. The van der Waals surface area contributed by atoms with Gasteiger partial charge in [-0.3, -0.25) is 4.79 Å². The van der Waals surface area contributed by atoms with Gasteiger partial charge in [0.2, 0.25) is 0 Å². The average molecular weight is 400 g/mol. The number of halogens is 2. The fraction of sp³-hybridized carbons (Fsp3) is 0.158. The number of nitrogens with two attached hydrogens (primary N) is 1. The minimum atomic E-state index is -0.893. The lowest BCUT2D eigenvalue weighted by molar-refractivity contribution is -0.120. The maximum Gasteiger partial charge on any atom is 0.265 e. The summed E-state index contributed by atoms with van der Waals surface area (Å²) in [5.41, 5.74) is 7.96. The van der Waals surface area contributed by atoms with Crippen LogP contribution < -0.4 is 11.1 Å². The number of hydrogen-bond donors (Lipinski definition) is 2. The summed E-state index contributed by atoms with van der Waals surface area (Å²) in [4.78, 5) is 21.0. The zero-order chi connectivity index (χ0) is 21.0. The molecule has 0 unspecified atom stereocenters. The van der Waals surface area contributed by atoms with Crippen molar-refractivity contribution in [3.63, 3.8) is 0 Å². The maximum absolute atomic E-state index is 13.5. The quantitative estimate of drug-likeness (QED) is 0.375. The minimum Gasteiger partial charge on any atom is -0.384 e. The van der Waals surface area contributed by atoms with E-state index < -0.39 is 24.1 Å². The molecule has 3 rings (SSSR count). The fourth-order valence-corrected chi connectivity index (χ4v) is 2.51. The van der Waals surface area contributed by atoms with Gasteiger partial charge in [-0.05, 0) is 44.2 Å². The molecule has 29 heavy (non-hydrogen) atoms. The van der Waals surface area contributed by atoms with E-state index in [9.17, 15) is 13.6 Å². The number of benzene rings is 1. The second-order valence-electron chi connectivity index (χ2n) is 6.17. The summed E-state index contributed by atoms with van der Waals surface area (Å²) in [6.45, 7) is 3.30. The molecule has 0 aliphatic rings. The highest BCUT2D eigenvalue weighted by atomic mass is 19.1. The van der Waals surface area contributed by atoms with E-state index in [2.05, 4.69) is 20.6 Å². The smallest absolute Gasteiger partial charge is 0.265 e. The van der Waals surface area contributed by atoms with Gasteiger partial charge < -0.3 is 15.9 Å². The van der Waals surface area contributed by atoms with Crippen LogP contribution in [0.15, 0.2) is 47.8 Å². The van der Waals surface area contributed by atoms with Crippen molar-refractivity contribution in [1.29, 1.82) is 0 Å². The van der Waals surface area contributed by atoms with Crippen molar-refractivity contribution >= 4 is 17.4 Å². The summed E-state index contributed by atoms with van der Waals surface area (Å²) in [7, 11) is 0. The zero-order valence-electron chi connectivity index (χ0n) is 15.7. The van der Waals surface area contributed by atoms with Crippen molar-refractivity contribution in [3.8, 4) is 5.82 Å². The number of nitrogens with zero attached hydrogens (tertiary/aromatic N) is 4. The number of aryl methyl sites for hydroxylation is 2. The Hall–Kier alpha value is -3.82. The summed E-state index contributed by atoms with van der Waals surface area (Å²) in [6, 6.07) is 8.14.